The van der Waals surface area contributed by atoms with Crippen molar-refractivity contribution in [1.82, 2.24) is 15.1 Å². The lowest BCUT2D eigenvalue weighted by Gasteiger charge is -2.05. The van der Waals surface area contributed by atoms with Crippen LogP contribution in [0.1, 0.15) is 5.69 Å². The van der Waals surface area contributed by atoms with E-state index in [1.54, 1.807) is 10.7 Å². The zero-order valence-electron chi connectivity index (χ0n) is 10.7. The van der Waals surface area contributed by atoms with E-state index in [1.807, 2.05) is 26.4 Å². The fourth-order valence-electron chi connectivity index (χ4n) is 1.91. The molecule has 0 bridgehead atoms. The third-order valence-electron chi connectivity index (χ3n) is 2.71. The van der Waals surface area contributed by atoms with Gasteiger partial charge in [-0.25, -0.2) is 4.39 Å². The molecule has 0 aliphatic rings. The maximum Gasteiger partial charge on any atom is 0.165 e. The second-order valence-electron chi connectivity index (χ2n) is 4.04. The van der Waals surface area contributed by atoms with Crippen molar-refractivity contribution in [2.75, 3.05) is 14.2 Å². The molecule has 0 saturated heterocycles. The number of benzene rings is 1. The second-order valence-corrected chi connectivity index (χ2v) is 4.04. The Kier molecular flexibility index (Phi) is 3.62. The molecule has 2 aromatic rings. The molecule has 0 atom stereocenters. The minimum atomic E-state index is -0.366. The number of methoxy groups -OCH3 is 1. The van der Waals surface area contributed by atoms with Crippen LogP contribution in [-0.2, 0) is 13.6 Å². The van der Waals surface area contributed by atoms with Gasteiger partial charge in [-0.2, -0.15) is 5.10 Å². The molecule has 0 aliphatic carbocycles. The van der Waals surface area contributed by atoms with Gasteiger partial charge in [0.15, 0.2) is 11.6 Å². The second kappa shape index (κ2) is 5.18. The van der Waals surface area contributed by atoms with Crippen LogP contribution < -0.4 is 10.1 Å². The predicted molar refractivity (Wildman–Crippen MR) is 67.9 cm³/mol. The highest BCUT2D eigenvalue weighted by atomic mass is 19.1. The fourth-order valence-corrected chi connectivity index (χ4v) is 1.91. The van der Waals surface area contributed by atoms with Crippen molar-refractivity contribution in [3.8, 4) is 16.9 Å². The first-order chi connectivity index (χ1) is 8.65. The molecule has 18 heavy (non-hydrogen) atoms. The first-order valence-electron chi connectivity index (χ1n) is 5.66. The van der Waals surface area contributed by atoms with E-state index in [-0.39, 0.29) is 11.6 Å². The summed E-state index contributed by atoms with van der Waals surface area (Å²) in [5.41, 5.74) is 2.62. The third-order valence-corrected chi connectivity index (χ3v) is 2.71. The number of rotatable bonds is 4. The molecule has 0 aliphatic heterocycles. The van der Waals surface area contributed by atoms with Crippen LogP contribution in [0.4, 0.5) is 4.39 Å². The molecule has 0 spiro atoms. The minimum absolute atomic E-state index is 0.248. The summed E-state index contributed by atoms with van der Waals surface area (Å²) in [7, 11) is 5.16. The standard InChI is InChI=1S/C13H16FN3O/c1-15-7-12-10(8-17(2)16-12)9-4-5-13(18-3)11(14)6-9/h4-6,8,15H,7H2,1-3H3. The van der Waals surface area contributed by atoms with Crippen LogP contribution in [0.3, 0.4) is 0 Å². The number of nitrogens with one attached hydrogen (secondary N) is 1. The van der Waals surface area contributed by atoms with Crippen molar-refractivity contribution < 1.29 is 9.13 Å². The average Bonchev–Trinajstić information content (AvgIpc) is 2.71. The Morgan fingerprint density at radius 2 is 2.22 bits per heavy atom. The summed E-state index contributed by atoms with van der Waals surface area (Å²) in [6.07, 6.45) is 1.88. The smallest absolute Gasteiger partial charge is 0.165 e. The Morgan fingerprint density at radius 1 is 1.44 bits per heavy atom. The Morgan fingerprint density at radius 3 is 2.83 bits per heavy atom. The van der Waals surface area contributed by atoms with Crippen LogP contribution >= 0.6 is 0 Å². The van der Waals surface area contributed by atoms with Gasteiger partial charge in [0, 0.05) is 25.4 Å². The Labute approximate surface area is 105 Å². The van der Waals surface area contributed by atoms with Gasteiger partial charge in [0.1, 0.15) is 0 Å². The van der Waals surface area contributed by atoms with Gasteiger partial charge in [0.2, 0.25) is 0 Å². The van der Waals surface area contributed by atoms with Crippen LogP contribution in [0.25, 0.3) is 11.1 Å². The zero-order valence-corrected chi connectivity index (χ0v) is 10.7. The number of aromatic nitrogens is 2. The van der Waals surface area contributed by atoms with Crippen molar-refractivity contribution in [3.63, 3.8) is 0 Å². The average molecular weight is 249 g/mol. The quantitative estimate of drug-likeness (QED) is 0.900. The number of hydrogen-bond acceptors (Lipinski definition) is 3. The summed E-state index contributed by atoms with van der Waals surface area (Å²) in [5, 5.41) is 7.40. The van der Waals surface area contributed by atoms with Gasteiger partial charge in [0.05, 0.1) is 12.8 Å². The van der Waals surface area contributed by atoms with Crippen LogP contribution in [0.2, 0.25) is 0 Å². The third kappa shape index (κ3) is 2.36. The summed E-state index contributed by atoms with van der Waals surface area (Å²) in [5.74, 6) is -0.118. The lowest BCUT2D eigenvalue weighted by molar-refractivity contribution is 0.386. The maximum atomic E-state index is 13.7. The van der Waals surface area contributed by atoms with Crippen molar-refractivity contribution in [2.24, 2.45) is 7.05 Å². The summed E-state index contributed by atoms with van der Waals surface area (Å²) >= 11 is 0. The summed E-state index contributed by atoms with van der Waals surface area (Å²) in [6, 6.07) is 4.92. The SMILES string of the molecule is CNCc1nn(C)cc1-c1ccc(OC)c(F)c1. The van der Waals surface area contributed by atoms with Crippen LogP contribution in [0.15, 0.2) is 24.4 Å². The zero-order chi connectivity index (χ0) is 13.1. The van der Waals surface area contributed by atoms with Crippen molar-refractivity contribution in [2.45, 2.75) is 6.54 Å². The molecule has 0 amide bonds. The summed E-state index contributed by atoms with van der Waals surface area (Å²) < 4.78 is 20.3. The van der Waals surface area contributed by atoms with E-state index in [0.29, 0.717) is 6.54 Å². The Hall–Kier alpha value is -1.88. The van der Waals surface area contributed by atoms with Crippen molar-refractivity contribution in [1.29, 1.82) is 0 Å². The molecule has 1 aromatic heterocycles. The Balaban J connectivity index is 2.44. The normalized spacial score (nSPS) is 10.7. The number of hydrogen-bond donors (Lipinski definition) is 1. The number of halogens is 1. The molecule has 0 radical (unpaired) electrons. The summed E-state index contributed by atoms with van der Waals surface area (Å²) in [4.78, 5) is 0. The molecule has 5 heteroatoms. The largest absolute Gasteiger partial charge is 0.494 e. The molecule has 2 rings (SSSR count). The van der Waals surface area contributed by atoms with Crippen molar-refractivity contribution in [3.05, 3.63) is 35.9 Å². The molecule has 0 saturated carbocycles. The number of aryl methyl sites for hydroxylation is 1. The monoisotopic (exact) mass is 249 g/mol. The van der Waals surface area contributed by atoms with Gasteiger partial charge in [-0.1, -0.05) is 6.07 Å². The number of ether oxygens (including phenoxy) is 1. The molecule has 4 nitrogen and oxygen atoms in total. The van der Waals surface area contributed by atoms with E-state index in [0.717, 1.165) is 16.8 Å². The maximum absolute atomic E-state index is 13.7. The van der Waals surface area contributed by atoms with Gasteiger partial charge in [-0.05, 0) is 24.7 Å². The van der Waals surface area contributed by atoms with E-state index < -0.39 is 0 Å². The van der Waals surface area contributed by atoms with Crippen LogP contribution in [-0.4, -0.2) is 23.9 Å². The van der Waals surface area contributed by atoms with E-state index in [9.17, 15) is 4.39 Å². The molecule has 0 fully saturated rings. The topological polar surface area (TPSA) is 39.1 Å². The highest BCUT2D eigenvalue weighted by molar-refractivity contribution is 5.66. The lowest BCUT2D eigenvalue weighted by atomic mass is 10.1. The highest BCUT2D eigenvalue weighted by Gasteiger charge is 2.11. The van der Waals surface area contributed by atoms with Crippen LogP contribution in [0.5, 0.6) is 5.75 Å². The first kappa shape index (κ1) is 12.6. The van der Waals surface area contributed by atoms with E-state index in [4.69, 9.17) is 4.74 Å². The van der Waals surface area contributed by atoms with Gasteiger partial charge in [0.25, 0.3) is 0 Å². The van der Waals surface area contributed by atoms with Crippen LogP contribution in [0, 0.1) is 5.82 Å². The summed E-state index contributed by atoms with van der Waals surface area (Å²) in [6.45, 7) is 0.643. The van der Waals surface area contributed by atoms with Gasteiger partial charge in [-0.3, -0.25) is 4.68 Å². The highest BCUT2D eigenvalue weighted by Crippen LogP contribution is 2.27. The van der Waals surface area contributed by atoms with Gasteiger partial charge >= 0.3 is 0 Å². The molecule has 1 aromatic carbocycles. The molecule has 96 valence electrons. The predicted octanol–water partition coefficient (Wildman–Crippen LogP) is 1.95. The van der Waals surface area contributed by atoms with Gasteiger partial charge < -0.3 is 10.1 Å². The fraction of sp³-hybridized carbons (Fsp3) is 0.308. The first-order valence-corrected chi connectivity index (χ1v) is 5.66. The molecule has 1 N–H and O–H groups in total. The number of nitrogens with zero attached hydrogens (tertiary/aromatic N) is 2. The minimum Gasteiger partial charge on any atom is -0.494 e. The molecular formula is C13H16FN3O. The van der Waals surface area contributed by atoms with E-state index in [2.05, 4.69) is 10.4 Å². The lowest BCUT2D eigenvalue weighted by Crippen LogP contribution is -2.07. The molecular weight excluding hydrogens is 233 g/mol. The Bertz CT molecular complexity index is 551. The van der Waals surface area contributed by atoms with Gasteiger partial charge in [-0.15, -0.1) is 0 Å². The van der Waals surface area contributed by atoms with E-state index in [1.165, 1.54) is 13.2 Å². The molecule has 1 heterocycles. The van der Waals surface area contributed by atoms with E-state index >= 15 is 0 Å². The molecule has 0 unspecified atom stereocenters. The van der Waals surface area contributed by atoms with Crippen molar-refractivity contribution >= 4 is 0 Å².